The first-order valence-electron chi connectivity index (χ1n) is 8.77. The molecule has 0 atom stereocenters. The Morgan fingerprint density at radius 1 is 1.11 bits per heavy atom. The van der Waals surface area contributed by atoms with E-state index in [1.807, 2.05) is 30.5 Å². The van der Waals surface area contributed by atoms with Gasteiger partial charge in [0.05, 0.1) is 11.0 Å². The third kappa shape index (κ3) is 3.32. The minimum atomic E-state index is -0.898. The summed E-state index contributed by atoms with van der Waals surface area (Å²) in [6.07, 6.45) is 2.52. The highest BCUT2D eigenvalue weighted by Gasteiger charge is 2.12. The number of hydrogen-bond donors (Lipinski definition) is 3. The molecular formula is C20H17FN4O3. The highest BCUT2D eigenvalue weighted by Crippen LogP contribution is 2.17. The Morgan fingerprint density at radius 3 is 2.79 bits per heavy atom. The quantitative estimate of drug-likeness (QED) is 0.459. The number of amides is 1. The predicted molar refractivity (Wildman–Crippen MR) is 104 cm³/mol. The Kier molecular flexibility index (Phi) is 4.52. The van der Waals surface area contributed by atoms with E-state index in [2.05, 4.69) is 15.3 Å². The fourth-order valence-electron chi connectivity index (χ4n) is 3.28. The van der Waals surface area contributed by atoms with Gasteiger partial charge in [-0.15, -0.1) is 0 Å². The highest BCUT2D eigenvalue weighted by atomic mass is 19.1. The summed E-state index contributed by atoms with van der Waals surface area (Å²) in [6.45, 7) is 0.0595. The van der Waals surface area contributed by atoms with Gasteiger partial charge in [-0.3, -0.25) is 19.0 Å². The van der Waals surface area contributed by atoms with E-state index in [1.165, 1.54) is 12.1 Å². The van der Waals surface area contributed by atoms with Crippen LogP contribution in [0, 0.1) is 5.82 Å². The van der Waals surface area contributed by atoms with Crippen LogP contribution in [0.15, 0.2) is 58.3 Å². The summed E-state index contributed by atoms with van der Waals surface area (Å²) in [4.78, 5) is 41.8. The topological polar surface area (TPSA) is 99.8 Å². The molecule has 0 radical (unpaired) electrons. The van der Waals surface area contributed by atoms with Gasteiger partial charge in [-0.1, -0.05) is 18.2 Å². The lowest BCUT2D eigenvalue weighted by Crippen LogP contribution is -2.40. The first kappa shape index (κ1) is 17.7. The number of aromatic nitrogens is 3. The maximum atomic E-state index is 13.4. The van der Waals surface area contributed by atoms with Crippen molar-refractivity contribution < 1.29 is 9.18 Å². The van der Waals surface area contributed by atoms with Crippen molar-refractivity contribution in [2.24, 2.45) is 0 Å². The predicted octanol–water partition coefficient (Wildman–Crippen LogP) is 1.67. The summed E-state index contributed by atoms with van der Waals surface area (Å²) in [5.74, 6) is -0.949. The zero-order valence-corrected chi connectivity index (χ0v) is 14.8. The number of aromatic amines is 2. The van der Waals surface area contributed by atoms with Gasteiger partial charge >= 0.3 is 11.1 Å². The number of carbonyl (C=O) groups excluding carboxylic acids is 1. The first-order valence-corrected chi connectivity index (χ1v) is 8.77. The average molecular weight is 380 g/mol. The van der Waals surface area contributed by atoms with Gasteiger partial charge in [0.2, 0.25) is 5.91 Å². The molecule has 4 rings (SSSR count). The smallest absolute Gasteiger partial charge is 0.317 e. The van der Waals surface area contributed by atoms with Crippen molar-refractivity contribution in [3.05, 3.63) is 80.7 Å². The molecular weight excluding hydrogens is 363 g/mol. The van der Waals surface area contributed by atoms with Gasteiger partial charge in [0.1, 0.15) is 12.4 Å². The first-order chi connectivity index (χ1) is 13.5. The fourth-order valence-corrected chi connectivity index (χ4v) is 3.28. The lowest BCUT2D eigenvalue weighted by molar-refractivity contribution is -0.121. The van der Waals surface area contributed by atoms with E-state index >= 15 is 0 Å². The second kappa shape index (κ2) is 7.15. The minimum Gasteiger partial charge on any atom is -0.361 e. The molecule has 0 unspecified atom stereocenters. The molecule has 7 nitrogen and oxygen atoms in total. The van der Waals surface area contributed by atoms with Gasteiger partial charge in [0.15, 0.2) is 0 Å². The molecule has 28 heavy (non-hydrogen) atoms. The van der Waals surface area contributed by atoms with E-state index in [4.69, 9.17) is 0 Å². The van der Waals surface area contributed by atoms with Gasteiger partial charge in [-0.05, 0) is 36.2 Å². The Labute approximate surface area is 157 Å². The number of benzene rings is 2. The molecule has 0 aliphatic rings. The van der Waals surface area contributed by atoms with E-state index in [-0.39, 0.29) is 17.6 Å². The van der Waals surface area contributed by atoms with Crippen LogP contribution in [-0.2, 0) is 17.8 Å². The molecule has 0 aliphatic heterocycles. The van der Waals surface area contributed by atoms with Crippen LogP contribution in [0.2, 0.25) is 0 Å². The largest absolute Gasteiger partial charge is 0.361 e. The average Bonchev–Trinajstić information content (AvgIpc) is 3.08. The van der Waals surface area contributed by atoms with Crippen molar-refractivity contribution >= 4 is 27.8 Å². The van der Waals surface area contributed by atoms with Crippen LogP contribution in [0.25, 0.3) is 21.9 Å². The molecule has 2 aromatic carbocycles. The Hall–Kier alpha value is -3.68. The molecule has 0 aliphatic carbocycles. The van der Waals surface area contributed by atoms with Gasteiger partial charge in [-0.2, -0.15) is 0 Å². The van der Waals surface area contributed by atoms with Crippen LogP contribution >= 0.6 is 0 Å². The zero-order valence-electron chi connectivity index (χ0n) is 14.8. The Morgan fingerprint density at radius 2 is 1.93 bits per heavy atom. The number of halogens is 1. The molecule has 142 valence electrons. The maximum Gasteiger partial charge on any atom is 0.317 e. The summed E-state index contributed by atoms with van der Waals surface area (Å²) in [5.41, 5.74) is 0.798. The molecule has 0 fully saturated rings. The Balaban J connectivity index is 1.49. The minimum absolute atomic E-state index is 0.163. The van der Waals surface area contributed by atoms with Crippen molar-refractivity contribution in [3.63, 3.8) is 0 Å². The molecule has 4 aromatic rings. The second-order valence-corrected chi connectivity index (χ2v) is 6.47. The monoisotopic (exact) mass is 380 g/mol. The summed E-state index contributed by atoms with van der Waals surface area (Å²) in [5, 5.41) is 3.85. The van der Waals surface area contributed by atoms with Crippen LogP contribution in [0.3, 0.4) is 0 Å². The fraction of sp³-hybridized carbons (Fsp3) is 0.150. The summed E-state index contributed by atoms with van der Waals surface area (Å²) >= 11 is 0. The van der Waals surface area contributed by atoms with Gasteiger partial charge in [-0.25, -0.2) is 4.39 Å². The van der Waals surface area contributed by atoms with Gasteiger partial charge in [0.25, 0.3) is 0 Å². The lowest BCUT2D eigenvalue weighted by atomic mass is 10.1. The van der Waals surface area contributed by atoms with E-state index in [1.54, 1.807) is 0 Å². The molecule has 0 saturated heterocycles. The molecule has 3 N–H and O–H groups in total. The molecule has 2 aromatic heterocycles. The number of fused-ring (bicyclic) bond motifs is 2. The van der Waals surface area contributed by atoms with Crippen molar-refractivity contribution in [1.29, 1.82) is 0 Å². The van der Waals surface area contributed by atoms with Crippen molar-refractivity contribution in [2.45, 2.75) is 13.0 Å². The lowest BCUT2D eigenvalue weighted by Gasteiger charge is -2.10. The van der Waals surface area contributed by atoms with E-state index in [0.29, 0.717) is 13.0 Å². The normalized spacial score (nSPS) is 11.2. The number of carbonyl (C=O) groups is 1. The van der Waals surface area contributed by atoms with Crippen molar-refractivity contribution in [1.82, 2.24) is 19.9 Å². The molecule has 1 amide bonds. The van der Waals surface area contributed by atoms with Crippen molar-refractivity contribution in [2.75, 3.05) is 6.54 Å². The number of nitrogens with one attached hydrogen (secondary N) is 3. The Bertz CT molecular complexity index is 1300. The van der Waals surface area contributed by atoms with Crippen LogP contribution < -0.4 is 16.4 Å². The number of H-pyrrole nitrogens is 2. The van der Waals surface area contributed by atoms with E-state index in [9.17, 15) is 18.8 Å². The molecule has 2 heterocycles. The van der Waals surface area contributed by atoms with E-state index < -0.39 is 22.8 Å². The summed E-state index contributed by atoms with van der Waals surface area (Å²) < 4.78 is 14.4. The van der Waals surface area contributed by atoms with E-state index in [0.717, 1.165) is 27.1 Å². The van der Waals surface area contributed by atoms with Gasteiger partial charge in [0, 0.05) is 23.6 Å². The number of hydrogen-bond acceptors (Lipinski definition) is 3. The van der Waals surface area contributed by atoms with Crippen LogP contribution in [0.4, 0.5) is 4.39 Å². The molecule has 0 saturated carbocycles. The summed E-state index contributed by atoms with van der Waals surface area (Å²) in [6, 6.07) is 11.5. The molecule has 0 bridgehead atoms. The van der Waals surface area contributed by atoms with Gasteiger partial charge < -0.3 is 15.3 Å². The summed E-state index contributed by atoms with van der Waals surface area (Å²) in [7, 11) is 0. The number of nitrogens with zero attached hydrogens (tertiary/aromatic N) is 1. The highest BCUT2D eigenvalue weighted by molar-refractivity contribution is 5.83. The molecule has 0 spiro atoms. The standard InChI is InChI=1S/C20H17FN4O3/c21-13-5-6-17-16(9-13)24-19(27)20(28)25(17)11-18(26)22-8-7-12-10-23-15-4-2-1-3-14(12)15/h1-6,9-10,23H,7-8,11H2,(H,22,26)(H,24,27). The number of rotatable bonds is 5. The third-order valence-electron chi connectivity index (χ3n) is 4.63. The molecule has 8 heteroatoms. The SMILES string of the molecule is O=C(Cn1c(=O)c(=O)[nH]c2cc(F)ccc21)NCCc1c[nH]c2ccccc12. The zero-order chi connectivity index (χ0) is 19.7. The number of para-hydroxylation sites is 1. The maximum absolute atomic E-state index is 13.4. The second-order valence-electron chi connectivity index (χ2n) is 6.47. The van der Waals surface area contributed by atoms with Crippen molar-refractivity contribution in [3.8, 4) is 0 Å². The van der Waals surface area contributed by atoms with Crippen LogP contribution in [0.1, 0.15) is 5.56 Å². The third-order valence-corrected chi connectivity index (χ3v) is 4.63. The van der Waals surface area contributed by atoms with Crippen LogP contribution in [0.5, 0.6) is 0 Å². The van der Waals surface area contributed by atoms with Crippen LogP contribution in [-0.4, -0.2) is 27.0 Å².